The number of halogens is 3. The summed E-state index contributed by atoms with van der Waals surface area (Å²) in [5, 5.41) is 5.50. The number of hydrogen-bond donors (Lipinski definition) is 0. The van der Waals surface area contributed by atoms with Gasteiger partial charge in [0.1, 0.15) is 0 Å². The molecule has 110 valence electrons. The van der Waals surface area contributed by atoms with Gasteiger partial charge in [-0.05, 0) is 25.1 Å². The van der Waals surface area contributed by atoms with Gasteiger partial charge in [-0.3, -0.25) is 0 Å². The van der Waals surface area contributed by atoms with Crippen LogP contribution < -0.4 is 5.01 Å². The molecule has 0 aromatic carbocycles. The Hall–Kier alpha value is -2.51. The largest absolute Gasteiger partial charge is 0.459 e. The molecule has 0 saturated heterocycles. The molecule has 0 bridgehead atoms. The highest BCUT2D eigenvalue weighted by atomic mass is 19.4. The van der Waals surface area contributed by atoms with E-state index in [1.54, 1.807) is 6.07 Å². The van der Waals surface area contributed by atoms with E-state index in [-0.39, 0.29) is 18.4 Å². The van der Waals surface area contributed by atoms with Crippen LogP contribution in [0, 0.1) is 6.92 Å². The lowest BCUT2D eigenvalue weighted by molar-refractivity contribution is -0.137. The van der Waals surface area contributed by atoms with E-state index in [1.165, 1.54) is 17.3 Å². The highest BCUT2D eigenvalue weighted by molar-refractivity contribution is 5.94. The summed E-state index contributed by atoms with van der Waals surface area (Å²) in [6, 6.07) is 3.96. The minimum atomic E-state index is -4.41. The van der Waals surface area contributed by atoms with Crippen LogP contribution in [0.5, 0.6) is 0 Å². The summed E-state index contributed by atoms with van der Waals surface area (Å²) < 4.78 is 48.0. The van der Waals surface area contributed by atoms with Crippen molar-refractivity contribution in [1.82, 2.24) is 4.98 Å². The summed E-state index contributed by atoms with van der Waals surface area (Å²) in [6.07, 6.45) is -2.14. The van der Waals surface area contributed by atoms with Crippen molar-refractivity contribution in [1.29, 1.82) is 0 Å². The molecule has 0 saturated carbocycles. The van der Waals surface area contributed by atoms with Gasteiger partial charge in [0, 0.05) is 11.8 Å². The Morgan fingerprint density at radius 1 is 1.24 bits per heavy atom. The lowest BCUT2D eigenvalue weighted by atomic mass is 10.3. The van der Waals surface area contributed by atoms with Crippen LogP contribution in [0.2, 0.25) is 0 Å². The van der Waals surface area contributed by atoms with Gasteiger partial charge < -0.3 is 9.15 Å². The number of hydrazone groups is 1. The molecule has 0 atom stereocenters. The first-order valence-electron chi connectivity index (χ1n) is 6.02. The van der Waals surface area contributed by atoms with Crippen molar-refractivity contribution < 1.29 is 22.3 Å². The first kappa shape index (κ1) is 13.5. The van der Waals surface area contributed by atoms with E-state index >= 15 is 0 Å². The smallest absolute Gasteiger partial charge is 0.417 e. The predicted molar refractivity (Wildman–Crippen MR) is 67.7 cm³/mol. The molecule has 8 heteroatoms. The van der Waals surface area contributed by atoms with Crippen molar-refractivity contribution in [2.24, 2.45) is 5.10 Å². The number of nitrogens with zero attached hydrogens (tertiary/aromatic N) is 3. The van der Waals surface area contributed by atoms with Crippen LogP contribution in [-0.4, -0.2) is 17.6 Å². The van der Waals surface area contributed by atoms with E-state index in [1.807, 2.05) is 6.92 Å². The Bertz CT molecular complexity index is 677. The third-order valence-corrected chi connectivity index (χ3v) is 2.93. The SMILES string of the molecule is Cc1ccoc1C1=NN(c2ccc(C(F)(F)F)cn2)CO1. The Balaban J connectivity index is 1.83. The summed E-state index contributed by atoms with van der Waals surface area (Å²) >= 11 is 0. The van der Waals surface area contributed by atoms with Gasteiger partial charge in [-0.15, -0.1) is 5.10 Å². The molecule has 21 heavy (non-hydrogen) atoms. The van der Waals surface area contributed by atoms with Crippen molar-refractivity contribution in [2.45, 2.75) is 13.1 Å². The number of anilines is 1. The zero-order valence-electron chi connectivity index (χ0n) is 10.9. The van der Waals surface area contributed by atoms with Gasteiger partial charge in [0.15, 0.2) is 18.3 Å². The minimum Gasteiger partial charge on any atom is -0.459 e. The van der Waals surface area contributed by atoms with Crippen molar-refractivity contribution in [3.8, 4) is 0 Å². The molecule has 0 amide bonds. The predicted octanol–water partition coefficient (Wildman–Crippen LogP) is 3.16. The number of aromatic nitrogens is 1. The summed E-state index contributed by atoms with van der Waals surface area (Å²) in [5.41, 5.74) is 0.0495. The Labute approximate surface area is 117 Å². The molecule has 3 heterocycles. The third kappa shape index (κ3) is 2.56. The maximum absolute atomic E-state index is 12.5. The van der Waals surface area contributed by atoms with Crippen molar-refractivity contribution >= 4 is 11.7 Å². The van der Waals surface area contributed by atoms with E-state index in [2.05, 4.69) is 10.1 Å². The van der Waals surface area contributed by atoms with Crippen LogP contribution in [0.1, 0.15) is 16.9 Å². The monoisotopic (exact) mass is 297 g/mol. The van der Waals surface area contributed by atoms with Crippen LogP contribution in [0.4, 0.5) is 19.0 Å². The second-order valence-electron chi connectivity index (χ2n) is 4.41. The van der Waals surface area contributed by atoms with Crippen LogP contribution >= 0.6 is 0 Å². The zero-order valence-corrected chi connectivity index (χ0v) is 10.9. The van der Waals surface area contributed by atoms with Crippen molar-refractivity contribution in [3.05, 3.63) is 47.5 Å². The highest BCUT2D eigenvalue weighted by Crippen LogP contribution is 2.30. The average molecular weight is 297 g/mol. The zero-order chi connectivity index (χ0) is 15.0. The van der Waals surface area contributed by atoms with Crippen molar-refractivity contribution in [2.75, 3.05) is 11.7 Å². The molecule has 5 nitrogen and oxygen atoms in total. The number of ether oxygens (including phenoxy) is 1. The quantitative estimate of drug-likeness (QED) is 0.854. The number of rotatable bonds is 2. The summed E-state index contributed by atoms with van der Waals surface area (Å²) in [5.74, 6) is 1.03. The molecular formula is C13H10F3N3O2. The second-order valence-corrected chi connectivity index (χ2v) is 4.41. The van der Waals surface area contributed by atoms with E-state index in [4.69, 9.17) is 9.15 Å². The molecule has 0 N–H and O–H groups in total. The van der Waals surface area contributed by atoms with Gasteiger partial charge in [-0.2, -0.15) is 13.2 Å². The molecule has 0 unspecified atom stereocenters. The van der Waals surface area contributed by atoms with E-state index < -0.39 is 11.7 Å². The first-order chi connectivity index (χ1) is 9.95. The van der Waals surface area contributed by atoms with Crippen LogP contribution in [-0.2, 0) is 10.9 Å². The lowest BCUT2D eigenvalue weighted by Gasteiger charge is -2.11. The summed E-state index contributed by atoms with van der Waals surface area (Å²) in [6.45, 7) is 1.90. The molecule has 2 aromatic heterocycles. The maximum atomic E-state index is 12.5. The Kier molecular flexibility index (Phi) is 3.08. The van der Waals surface area contributed by atoms with Gasteiger partial charge in [0.25, 0.3) is 5.90 Å². The normalized spacial score (nSPS) is 15.0. The topological polar surface area (TPSA) is 50.9 Å². The number of furan rings is 1. The molecule has 1 aliphatic heterocycles. The standard InChI is InChI=1S/C13H10F3N3O2/c1-8-4-5-20-11(8)12-18-19(7-21-12)10-3-2-9(6-17-10)13(14,15)16/h2-6H,7H2,1H3. The van der Waals surface area contributed by atoms with Gasteiger partial charge in [-0.25, -0.2) is 9.99 Å². The van der Waals surface area contributed by atoms with E-state index in [0.717, 1.165) is 17.8 Å². The average Bonchev–Trinajstić information content (AvgIpc) is 3.06. The molecule has 0 spiro atoms. The number of pyridine rings is 1. The van der Waals surface area contributed by atoms with Gasteiger partial charge >= 0.3 is 6.18 Å². The molecule has 0 radical (unpaired) electrons. The first-order valence-corrected chi connectivity index (χ1v) is 6.02. The Morgan fingerprint density at radius 3 is 2.62 bits per heavy atom. The van der Waals surface area contributed by atoms with Crippen molar-refractivity contribution in [3.63, 3.8) is 0 Å². The maximum Gasteiger partial charge on any atom is 0.417 e. The highest BCUT2D eigenvalue weighted by Gasteiger charge is 2.31. The molecule has 2 aromatic rings. The fourth-order valence-electron chi connectivity index (χ4n) is 1.82. The minimum absolute atomic E-state index is 0.0633. The van der Waals surface area contributed by atoms with Crippen LogP contribution in [0.3, 0.4) is 0 Å². The third-order valence-electron chi connectivity index (χ3n) is 2.93. The van der Waals surface area contributed by atoms with Gasteiger partial charge in [0.05, 0.1) is 11.8 Å². The molecule has 1 aliphatic rings. The number of alkyl halides is 3. The van der Waals surface area contributed by atoms with Crippen LogP contribution in [0.25, 0.3) is 0 Å². The van der Waals surface area contributed by atoms with E-state index in [0.29, 0.717) is 5.76 Å². The summed E-state index contributed by atoms with van der Waals surface area (Å²) in [4.78, 5) is 3.75. The molecule has 0 fully saturated rings. The van der Waals surface area contributed by atoms with Gasteiger partial charge in [0.2, 0.25) is 0 Å². The number of hydrogen-bond acceptors (Lipinski definition) is 5. The van der Waals surface area contributed by atoms with Gasteiger partial charge in [-0.1, -0.05) is 0 Å². The molecule has 3 rings (SSSR count). The second kappa shape index (κ2) is 4.80. The fourth-order valence-corrected chi connectivity index (χ4v) is 1.82. The Morgan fingerprint density at radius 2 is 2.05 bits per heavy atom. The molecule has 0 aliphatic carbocycles. The van der Waals surface area contributed by atoms with E-state index in [9.17, 15) is 13.2 Å². The molecular weight excluding hydrogens is 287 g/mol. The fraction of sp³-hybridized carbons (Fsp3) is 0.231. The summed E-state index contributed by atoms with van der Waals surface area (Å²) in [7, 11) is 0. The van der Waals surface area contributed by atoms with Crippen LogP contribution in [0.15, 0.2) is 40.2 Å². The number of aryl methyl sites for hydroxylation is 1. The lowest BCUT2D eigenvalue weighted by Crippen LogP contribution is -2.15.